The first kappa shape index (κ1) is 28.7. The molecular formula is C32H26O8S2. The molecule has 0 bridgehead atoms. The molecule has 0 radical (unpaired) electrons. The van der Waals surface area contributed by atoms with Gasteiger partial charge in [0.25, 0.3) is 0 Å². The number of rotatable bonds is 10. The van der Waals surface area contributed by atoms with E-state index in [1.165, 1.54) is 60.7 Å². The summed E-state index contributed by atoms with van der Waals surface area (Å²) in [6.45, 7) is 0.216. The lowest BCUT2D eigenvalue weighted by Crippen LogP contribution is -2.06. The van der Waals surface area contributed by atoms with Crippen molar-refractivity contribution in [1.29, 1.82) is 0 Å². The molecule has 214 valence electrons. The Bertz CT molecular complexity index is 1760. The van der Waals surface area contributed by atoms with Crippen LogP contribution in [-0.4, -0.2) is 27.0 Å². The molecule has 5 aromatic carbocycles. The van der Waals surface area contributed by atoms with Gasteiger partial charge in [-0.15, -0.1) is 0 Å². The molecular weight excluding hydrogens is 576 g/mol. The third-order valence-electron chi connectivity index (χ3n) is 6.38. The lowest BCUT2D eigenvalue weighted by atomic mass is 10.1. The van der Waals surface area contributed by atoms with E-state index in [2.05, 4.69) is 0 Å². The summed E-state index contributed by atoms with van der Waals surface area (Å²) >= 11 is 0. The first-order chi connectivity index (χ1) is 20.1. The van der Waals surface area contributed by atoms with Gasteiger partial charge < -0.3 is 19.7 Å². The van der Waals surface area contributed by atoms with Crippen LogP contribution in [-0.2, 0) is 32.9 Å². The van der Waals surface area contributed by atoms with Crippen molar-refractivity contribution in [2.45, 2.75) is 32.8 Å². The maximum Gasteiger partial charge on any atom is 0.210 e. The third-order valence-corrected chi connectivity index (χ3v) is 10.0. The van der Waals surface area contributed by atoms with Crippen LogP contribution in [0.3, 0.4) is 0 Å². The average molecular weight is 603 g/mol. The zero-order chi connectivity index (χ0) is 29.7. The first-order valence-corrected chi connectivity index (χ1v) is 15.7. The van der Waals surface area contributed by atoms with Gasteiger partial charge in [0.15, 0.2) is 0 Å². The Morgan fingerprint density at radius 1 is 0.452 bits per heavy atom. The Labute approximate surface area is 243 Å². The van der Waals surface area contributed by atoms with E-state index in [0.29, 0.717) is 0 Å². The average Bonchev–Trinajstić information content (AvgIpc) is 3.00. The van der Waals surface area contributed by atoms with Gasteiger partial charge in [-0.1, -0.05) is 48.5 Å². The molecule has 0 aliphatic rings. The normalized spacial score (nSPS) is 11.6. The van der Waals surface area contributed by atoms with Crippen LogP contribution in [0.5, 0.6) is 23.0 Å². The smallest absolute Gasteiger partial charge is 0.210 e. The van der Waals surface area contributed by atoms with Crippen molar-refractivity contribution in [3.63, 3.8) is 0 Å². The van der Waals surface area contributed by atoms with Crippen molar-refractivity contribution >= 4 is 19.7 Å². The Hall–Kier alpha value is -4.80. The molecule has 0 saturated heterocycles. The Morgan fingerprint density at radius 3 is 1.14 bits per heavy atom. The number of benzene rings is 5. The summed E-state index contributed by atoms with van der Waals surface area (Å²) in [5, 5.41) is 19.0. The van der Waals surface area contributed by atoms with E-state index in [0.717, 1.165) is 11.1 Å². The van der Waals surface area contributed by atoms with E-state index in [-0.39, 0.29) is 55.8 Å². The van der Waals surface area contributed by atoms with Crippen molar-refractivity contribution < 1.29 is 36.5 Å². The fourth-order valence-corrected chi connectivity index (χ4v) is 6.94. The highest BCUT2D eigenvalue weighted by molar-refractivity contribution is 7.92. The fraction of sp³-hybridized carbons (Fsp3) is 0.0625. The molecule has 10 heteroatoms. The van der Waals surface area contributed by atoms with Gasteiger partial charge in [-0.25, -0.2) is 16.8 Å². The van der Waals surface area contributed by atoms with Crippen molar-refractivity contribution in [3.05, 3.63) is 132 Å². The SMILES string of the molecule is O=S(=O)(c1ccc(O)cc1)c1ccccc1OCc1ccc(COc2ccccc2S(=O)(=O)c2ccc(O)cc2)cc1. The third kappa shape index (κ3) is 6.24. The molecule has 5 aromatic rings. The highest BCUT2D eigenvalue weighted by Crippen LogP contribution is 2.32. The standard InChI is InChI=1S/C32H26O8S2/c33-25-13-17-27(18-14-25)41(35,36)31-7-3-1-5-29(31)39-21-23-9-11-24(12-10-23)22-40-30-6-2-4-8-32(30)42(37,38)28-19-15-26(34)16-20-28/h1-20,33-34H,21-22H2. The van der Waals surface area contributed by atoms with E-state index in [1.54, 1.807) is 36.4 Å². The van der Waals surface area contributed by atoms with Gasteiger partial charge in [-0.05, 0) is 83.9 Å². The van der Waals surface area contributed by atoms with Gasteiger partial charge in [0, 0.05) is 0 Å². The molecule has 0 heterocycles. The van der Waals surface area contributed by atoms with Crippen LogP contribution in [0, 0.1) is 0 Å². The Balaban J connectivity index is 1.26. The van der Waals surface area contributed by atoms with Crippen LogP contribution in [0.4, 0.5) is 0 Å². The summed E-state index contributed by atoms with van der Waals surface area (Å²) in [5.41, 5.74) is 1.57. The second-order valence-corrected chi connectivity index (χ2v) is 13.1. The minimum atomic E-state index is -3.87. The number of aromatic hydroxyl groups is 2. The maximum absolute atomic E-state index is 13.2. The monoisotopic (exact) mass is 602 g/mol. The van der Waals surface area contributed by atoms with E-state index in [4.69, 9.17) is 9.47 Å². The van der Waals surface area contributed by atoms with Crippen LogP contribution < -0.4 is 9.47 Å². The number of phenols is 2. The molecule has 0 fully saturated rings. The maximum atomic E-state index is 13.2. The predicted molar refractivity (Wildman–Crippen MR) is 155 cm³/mol. The summed E-state index contributed by atoms with van der Waals surface area (Å²) in [6.07, 6.45) is 0. The number of sulfone groups is 2. The molecule has 0 amide bonds. The topological polar surface area (TPSA) is 127 Å². The van der Waals surface area contributed by atoms with Crippen molar-refractivity contribution in [1.82, 2.24) is 0 Å². The number of ether oxygens (including phenoxy) is 2. The quantitative estimate of drug-likeness (QED) is 0.202. The molecule has 0 spiro atoms. The molecule has 0 atom stereocenters. The second kappa shape index (κ2) is 12.0. The van der Waals surface area contributed by atoms with Crippen LogP contribution in [0.25, 0.3) is 0 Å². The summed E-state index contributed by atoms with van der Waals surface area (Å²) in [6, 6.07) is 30.6. The van der Waals surface area contributed by atoms with E-state index < -0.39 is 19.7 Å². The van der Waals surface area contributed by atoms with E-state index >= 15 is 0 Å². The van der Waals surface area contributed by atoms with Crippen LogP contribution in [0.2, 0.25) is 0 Å². The molecule has 42 heavy (non-hydrogen) atoms. The fourth-order valence-electron chi connectivity index (χ4n) is 4.14. The molecule has 0 unspecified atom stereocenters. The zero-order valence-electron chi connectivity index (χ0n) is 22.1. The molecule has 5 rings (SSSR count). The molecule has 0 aliphatic carbocycles. The second-order valence-electron chi connectivity index (χ2n) is 9.28. The van der Waals surface area contributed by atoms with Crippen molar-refractivity contribution in [2.75, 3.05) is 0 Å². The molecule has 0 saturated carbocycles. The highest BCUT2D eigenvalue weighted by Gasteiger charge is 2.23. The molecule has 8 nitrogen and oxygen atoms in total. The first-order valence-electron chi connectivity index (χ1n) is 12.7. The summed E-state index contributed by atoms with van der Waals surface area (Å²) in [5.74, 6) is 0.333. The van der Waals surface area contributed by atoms with Gasteiger partial charge in [-0.2, -0.15) is 0 Å². The zero-order valence-corrected chi connectivity index (χ0v) is 23.8. The lowest BCUT2D eigenvalue weighted by Gasteiger charge is -2.14. The van der Waals surface area contributed by atoms with Crippen LogP contribution >= 0.6 is 0 Å². The number of hydrogen-bond donors (Lipinski definition) is 2. The van der Waals surface area contributed by atoms with Gasteiger partial charge in [0.1, 0.15) is 46.0 Å². The number of phenolic OH excluding ortho intramolecular Hbond substituents is 2. The van der Waals surface area contributed by atoms with E-state index in [9.17, 15) is 27.0 Å². The van der Waals surface area contributed by atoms with Crippen LogP contribution in [0.1, 0.15) is 11.1 Å². The minimum Gasteiger partial charge on any atom is -0.508 e. The van der Waals surface area contributed by atoms with Gasteiger partial charge in [0.2, 0.25) is 19.7 Å². The van der Waals surface area contributed by atoms with E-state index in [1.807, 2.05) is 24.3 Å². The van der Waals surface area contributed by atoms with Gasteiger partial charge in [0.05, 0.1) is 9.79 Å². The molecule has 2 N–H and O–H groups in total. The number of hydrogen-bond acceptors (Lipinski definition) is 8. The molecule has 0 aromatic heterocycles. The summed E-state index contributed by atoms with van der Waals surface area (Å²) in [7, 11) is -7.74. The Kier molecular flexibility index (Phi) is 8.19. The van der Waals surface area contributed by atoms with Crippen LogP contribution in [0.15, 0.2) is 141 Å². The van der Waals surface area contributed by atoms with Crippen molar-refractivity contribution in [3.8, 4) is 23.0 Å². The largest absolute Gasteiger partial charge is 0.508 e. The highest BCUT2D eigenvalue weighted by atomic mass is 32.2. The lowest BCUT2D eigenvalue weighted by molar-refractivity contribution is 0.294. The van der Waals surface area contributed by atoms with Gasteiger partial charge in [-0.3, -0.25) is 0 Å². The summed E-state index contributed by atoms with van der Waals surface area (Å²) < 4.78 is 64.4. The Morgan fingerprint density at radius 2 is 0.786 bits per heavy atom. The van der Waals surface area contributed by atoms with Crippen molar-refractivity contribution in [2.24, 2.45) is 0 Å². The minimum absolute atomic E-state index is 0.0154. The molecule has 0 aliphatic heterocycles. The summed E-state index contributed by atoms with van der Waals surface area (Å²) in [4.78, 5) is 0.111. The number of para-hydroxylation sites is 2. The van der Waals surface area contributed by atoms with Gasteiger partial charge >= 0.3 is 0 Å². The predicted octanol–water partition coefficient (Wildman–Crippen LogP) is 5.92.